The molecule has 0 saturated carbocycles. The molecule has 3 N–H and O–H groups in total. The Morgan fingerprint density at radius 2 is 1.79 bits per heavy atom. The number of hydrogen-bond acceptors (Lipinski definition) is 5. The highest BCUT2D eigenvalue weighted by Gasteiger charge is 2.08. The van der Waals surface area contributed by atoms with Crippen molar-refractivity contribution in [1.82, 2.24) is 0 Å². The molecule has 0 aliphatic carbocycles. The maximum atomic E-state index is 5.95. The van der Waals surface area contributed by atoms with Crippen LogP contribution in [0.5, 0.6) is 11.5 Å². The van der Waals surface area contributed by atoms with Gasteiger partial charge in [0, 0.05) is 31.9 Å². The predicted molar refractivity (Wildman–Crippen MR) is 78.2 cm³/mol. The van der Waals surface area contributed by atoms with Gasteiger partial charge in [-0.2, -0.15) is 0 Å². The lowest BCUT2D eigenvalue weighted by Gasteiger charge is -2.14. The van der Waals surface area contributed by atoms with Gasteiger partial charge in [0.15, 0.2) is 11.5 Å². The van der Waals surface area contributed by atoms with Crippen molar-refractivity contribution in [2.45, 2.75) is 19.8 Å². The van der Waals surface area contributed by atoms with E-state index in [9.17, 15) is 0 Å². The van der Waals surface area contributed by atoms with Crippen LogP contribution in [-0.2, 0) is 4.74 Å². The summed E-state index contributed by atoms with van der Waals surface area (Å²) >= 11 is 0. The molecule has 0 bridgehead atoms. The van der Waals surface area contributed by atoms with Crippen molar-refractivity contribution in [1.29, 1.82) is 0 Å². The van der Waals surface area contributed by atoms with E-state index in [4.69, 9.17) is 19.9 Å². The van der Waals surface area contributed by atoms with Gasteiger partial charge in [-0.3, -0.25) is 0 Å². The minimum atomic E-state index is 0.636. The molecule has 5 heteroatoms. The SMILES string of the molecule is CCCOCCCNc1cc(OC)c(OC)cc1N. The molecule has 1 aromatic rings. The van der Waals surface area contributed by atoms with Crippen LogP contribution in [0.25, 0.3) is 0 Å². The molecule has 0 atom stereocenters. The molecule has 1 aromatic carbocycles. The monoisotopic (exact) mass is 268 g/mol. The standard InChI is InChI=1S/C14H24N2O3/c1-4-7-19-8-5-6-16-12-10-14(18-3)13(17-2)9-11(12)15/h9-10,16H,4-8,15H2,1-3H3. The van der Waals surface area contributed by atoms with Gasteiger partial charge in [-0.25, -0.2) is 0 Å². The van der Waals surface area contributed by atoms with Gasteiger partial charge < -0.3 is 25.3 Å². The zero-order valence-electron chi connectivity index (χ0n) is 12.0. The maximum Gasteiger partial charge on any atom is 0.162 e. The second-order valence-corrected chi connectivity index (χ2v) is 4.19. The molecule has 5 nitrogen and oxygen atoms in total. The van der Waals surface area contributed by atoms with Crippen LogP contribution in [0.3, 0.4) is 0 Å². The molecule has 0 spiro atoms. The Labute approximate surface area is 115 Å². The number of methoxy groups -OCH3 is 2. The van der Waals surface area contributed by atoms with Gasteiger partial charge in [-0.1, -0.05) is 6.92 Å². The zero-order chi connectivity index (χ0) is 14.1. The van der Waals surface area contributed by atoms with Gasteiger partial charge in [0.25, 0.3) is 0 Å². The number of ether oxygens (including phenoxy) is 3. The molecule has 0 saturated heterocycles. The smallest absolute Gasteiger partial charge is 0.162 e. The summed E-state index contributed by atoms with van der Waals surface area (Å²) in [6.45, 7) is 4.48. The summed E-state index contributed by atoms with van der Waals surface area (Å²) in [7, 11) is 3.20. The molecule has 0 fully saturated rings. The molecule has 19 heavy (non-hydrogen) atoms. The largest absolute Gasteiger partial charge is 0.493 e. The van der Waals surface area contributed by atoms with Crippen molar-refractivity contribution < 1.29 is 14.2 Å². The number of nitrogen functional groups attached to an aromatic ring is 1. The van der Waals surface area contributed by atoms with Crippen molar-refractivity contribution in [2.75, 3.05) is 45.0 Å². The van der Waals surface area contributed by atoms with Crippen molar-refractivity contribution in [3.8, 4) is 11.5 Å². The van der Waals surface area contributed by atoms with Gasteiger partial charge >= 0.3 is 0 Å². The highest BCUT2D eigenvalue weighted by molar-refractivity contribution is 5.71. The summed E-state index contributed by atoms with van der Waals surface area (Å²) in [5.41, 5.74) is 7.45. The average Bonchev–Trinajstić information content (AvgIpc) is 2.43. The van der Waals surface area contributed by atoms with Crippen molar-refractivity contribution in [3.63, 3.8) is 0 Å². The fraction of sp³-hybridized carbons (Fsp3) is 0.571. The number of hydrogen-bond donors (Lipinski definition) is 2. The minimum Gasteiger partial charge on any atom is -0.493 e. The normalized spacial score (nSPS) is 10.3. The van der Waals surface area contributed by atoms with E-state index in [2.05, 4.69) is 12.2 Å². The molecular weight excluding hydrogens is 244 g/mol. The third kappa shape index (κ3) is 4.87. The Balaban J connectivity index is 2.49. The Kier molecular flexibility index (Phi) is 6.89. The second-order valence-electron chi connectivity index (χ2n) is 4.19. The minimum absolute atomic E-state index is 0.636. The molecular formula is C14H24N2O3. The fourth-order valence-corrected chi connectivity index (χ4v) is 1.69. The predicted octanol–water partition coefficient (Wildman–Crippen LogP) is 2.51. The summed E-state index contributed by atoms with van der Waals surface area (Å²) in [6.07, 6.45) is 1.99. The van der Waals surface area contributed by atoms with E-state index in [1.54, 1.807) is 20.3 Å². The van der Waals surface area contributed by atoms with Crippen LogP contribution in [0.1, 0.15) is 19.8 Å². The van der Waals surface area contributed by atoms with E-state index in [1.807, 2.05) is 6.07 Å². The highest BCUT2D eigenvalue weighted by atomic mass is 16.5. The summed E-state index contributed by atoms with van der Waals surface area (Å²) in [5.74, 6) is 1.30. The highest BCUT2D eigenvalue weighted by Crippen LogP contribution is 2.34. The number of benzene rings is 1. The molecule has 1 rings (SSSR count). The lowest BCUT2D eigenvalue weighted by atomic mass is 10.2. The molecule has 0 heterocycles. The molecule has 0 aromatic heterocycles. The number of rotatable bonds is 9. The van der Waals surface area contributed by atoms with E-state index < -0.39 is 0 Å². The topological polar surface area (TPSA) is 65.7 Å². The first kappa shape index (κ1) is 15.4. The van der Waals surface area contributed by atoms with Crippen LogP contribution in [0.15, 0.2) is 12.1 Å². The Hall–Kier alpha value is -1.62. The third-order valence-electron chi connectivity index (χ3n) is 2.69. The first-order valence-corrected chi connectivity index (χ1v) is 6.56. The van der Waals surface area contributed by atoms with Crippen LogP contribution in [0.4, 0.5) is 11.4 Å². The van der Waals surface area contributed by atoms with Crippen LogP contribution in [0, 0.1) is 0 Å². The van der Waals surface area contributed by atoms with E-state index >= 15 is 0 Å². The molecule has 0 radical (unpaired) electrons. The Morgan fingerprint density at radius 3 is 2.42 bits per heavy atom. The number of nitrogens with two attached hydrogens (primary N) is 1. The van der Waals surface area contributed by atoms with E-state index in [0.29, 0.717) is 17.2 Å². The quantitative estimate of drug-likeness (QED) is 0.532. The van der Waals surface area contributed by atoms with Gasteiger partial charge in [0.1, 0.15) is 0 Å². The molecule has 0 aliphatic rings. The van der Waals surface area contributed by atoms with E-state index in [1.165, 1.54) is 0 Å². The maximum absolute atomic E-state index is 5.95. The van der Waals surface area contributed by atoms with Gasteiger partial charge in [0.2, 0.25) is 0 Å². The summed E-state index contributed by atoms with van der Waals surface area (Å²) in [5, 5.41) is 3.28. The van der Waals surface area contributed by atoms with E-state index in [0.717, 1.165) is 38.3 Å². The van der Waals surface area contributed by atoms with Crippen molar-refractivity contribution in [2.24, 2.45) is 0 Å². The van der Waals surface area contributed by atoms with Crippen molar-refractivity contribution >= 4 is 11.4 Å². The van der Waals surface area contributed by atoms with Crippen LogP contribution in [0.2, 0.25) is 0 Å². The first-order valence-electron chi connectivity index (χ1n) is 6.56. The summed E-state index contributed by atoms with van der Waals surface area (Å²) < 4.78 is 15.9. The number of anilines is 2. The average molecular weight is 268 g/mol. The first-order chi connectivity index (χ1) is 9.22. The lowest BCUT2D eigenvalue weighted by Crippen LogP contribution is -2.08. The van der Waals surface area contributed by atoms with Gasteiger partial charge in [0.05, 0.1) is 25.6 Å². The van der Waals surface area contributed by atoms with Crippen LogP contribution in [-0.4, -0.2) is 34.0 Å². The molecule has 0 amide bonds. The third-order valence-corrected chi connectivity index (χ3v) is 2.69. The number of nitrogens with one attached hydrogen (secondary N) is 1. The summed E-state index contributed by atoms with van der Waals surface area (Å²) in [4.78, 5) is 0. The zero-order valence-corrected chi connectivity index (χ0v) is 12.0. The molecule has 0 unspecified atom stereocenters. The van der Waals surface area contributed by atoms with Crippen LogP contribution >= 0.6 is 0 Å². The van der Waals surface area contributed by atoms with Crippen molar-refractivity contribution in [3.05, 3.63) is 12.1 Å². The molecule has 0 aliphatic heterocycles. The van der Waals surface area contributed by atoms with Crippen LogP contribution < -0.4 is 20.5 Å². The summed E-state index contributed by atoms with van der Waals surface area (Å²) in [6, 6.07) is 3.61. The Bertz CT molecular complexity index is 383. The van der Waals surface area contributed by atoms with Gasteiger partial charge in [-0.05, 0) is 12.8 Å². The van der Waals surface area contributed by atoms with E-state index in [-0.39, 0.29) is 0 Å². The molecule has 108 valence electrons. The Morgan fingerprint density at radius 1 is 1.11 bits per heavy atom. The second kappa shape index (κ2) is 8.48. The lowest BCUT2D eigenvalue weighted by molar-refractivity contribution is 0.134. The van der Waals surface area contributed by atoms with Gasteiger partial charge in [-0.15, -0.1) is 0 Å². The fourth-order valence-electron chi connectivity index (χ4n) is 1.69.